The van der Waals surface area contributed by atoms with Gasteiger partial charge < -0.3 is 9.80 Å². The molecule has 1 saturated heterocycles. The Bertz CT molecular complexity index is 416. The van der Waals surface area contributed by atoms with E-state index in [-0.39, 0.29) is 6.03 Å². The molecule has 1 aromatic carbocycles. The van der Waals surface area contributed by atoms with E-state index in [2.05, 4.69) is 0 Å². The molecule has 2 amide bonds. The van der Waals surface area contributed by atoms with E-state index in [4.69, 9.17) is 11.6 Å². The number of hydrogen-bond donors (Lipinski definition) is 0. The van der Waals surface area contributed by atoms with Crippen molar-refractivity contribution < 1.29 is 4.79 Å². The van der Waals surface area contributed by atoms with Crippen LogP contribution in [0.2, 0.25) is 5.02 Å². The van der Waals surface area contributed by atoms with E-state index >= 15 is 0 Å². The molecule has 0 atom stereocenters. The van der Waals surface area contributed by atoms with Crippen LogP contribution in [-0.4, -0.2) is 36.0 Å². The fourth-order valence-electron chi connectivity index (χ4n) is 2.28. The Hall–Kier alpha value is -1.22. The van der Waals surface area contributed by atoms with Crippen molar-refractivity contribution in [1.29, 1.82) is 0 Å². The zero-order valence-corrected chi connectivity index (χ0v) is 11.5. The van der Waals surface area contributed by atoms with Crippen LogP contribution in [0.15, 0.2) is 24.3 Å². The van der Waals surface area contributed by atoms with Gasteiger partial charge in [-0.1, -0.05) is 29.8 Å². The quantitative estimate of drug-likeness (QED) is 0.805. The van der Waals surface area contributed by atoms with Gasteiger partial charge in [0.1, 0.15) is 0 Å². The number of hydrogen-bond acceptors (Lipinski definition) is 1. The summed E-state index contributed by atoms with van der Waals surface area (Å²) in [5, 5.41) is 0.718. The van der Waals surface area contributed by atoms with Crippen LogP contribution in [-0.2, 0) is 6.54 Å². The summed E-state index contributed by atoms with van der Waals surface area (Å²) in [6.45, 7) is 2.33. The highest BCUT2D eigenvalue weighted by molar-refractivity contribution is 6.31. The number of carbonyl (C=O) groups is 1. The maximum atomic E-state index is 12.2. The number of piperidine rings is 1. The lowest BCUT2D eigenvalue weighted by atomic mass is 10.1. The third kappa shape index (κ3) is 3.16. The average Bonchev–Trinajstić information content (AvgIpc) is 2.41. The van der Waals surface area contributed by atoms with Gasteiger partial charge in [0.05, 0.1) is 0 Å². The Balaban J connectivity index is 1.96. The molecule has 18 heavy (non-hydrogen) atoms. The molecule has 1 heterocycles. The summed E-state index contributed by atoms with van der Waals surface area (Å²) < 4.78 is 0. The molecule has 0 aromatic heterocycles. The zero-order valence-electron chi connectivity index (χ0n) is 10.7. The van der Waals surface area contributed by atoms with Crippen LogP contribution in [0.4, 0.5) is 4.79 Å². The lowest BCUT2D eigenvalue weighted by Gasteiger charge is -2.31. The highest BCUT2D eigenvalue weighted by Crippen LogP contribution is 2.18. The van der Waals surface area contributed by atoms with E-state index < -0.39 is 0 Å². The van der Waals surface area contributed by atoms with E-state index in [1.807, 2.05) is 36.2 Å². The van der Waals surface area contributed by atoms with Gasteiger partial charge in [-0.05, 0) is 30.9 Å². The first-order chi connectivity index (χ1) is 8.68. The minimum atomic E-state index is 0.106. The van der Waals surface area contributed by atoms with Crippen LogP contribution in [0.5, 0.6) is 0 Å². The number of nitrogens with zero attached hydrogens (tertiary/aromatic N) is 2. The van der Waals surface area contributed by atoms with Crippen molar-refractivity contribution in [3.8, 4) is 0 Å². The van der Waals surface area contributed by atoms with E-state index in [0.29, 0.717) is 6.54 Å². The number of halogens is 1. The molecule has 3 nitrogen and oxygen atoms in total. The minimum absolute atomic E-state index is 0.106. The Kier molecular flexibility index (Phi) is 4.48. The van der Waals surface area contributed by atoms with E-state index in [1.165, 1.54) is 6.42 Å². The summed E-state index contributed by atoms with van der Waals surface area (Å²) in [5.41, 5.74) is 0.993. The predicted molar refractivity (Wildman–Crippen MR) is 73.7 cm³/mol. The fraction of sp³-hybridized carbons (Fsp3) is 0.500. The number of carbonyl (C=O) groups excluding carboxylic acids is 1. The lowest BCUT2D eigenvalue weighted by molar-refractivity contribution is 0.151. The van der Waals surface area contributed by atoms with Crippen molar-refractivity contribution >= 4 is 17.6 Å². The Morgan fingerprint density at radius 1 is 1.28 bits per heavy atom. The SMILES string of the molecule is CN(Cc1ccccc1Cl)C(=O)N1CCCCC1. The summed E-state index contributed by atoms with van der Waals surface area (Å²) in [7, 11) is 1.83. The topological polar surface area (TPSA) is 23.6 Å². The van der Waals surface area contributed by atoms with E-state index in [0.717, 1.165) is 36.5 Å². The Morgan fingerprint density at radius 2 is 1.94 bits per heavy atom. The minimum Gasteiger partial charge on any atom is -0.325 e. The molecule has 1 aromatic rings. The number of likely N-dealkylation sites (tertiary alicyclic amines) is 1. The summed E-state index contributed by atoms with van der Waals surface area (Å²) in [4.78, 5) is 15.9. The molecule has 0 saturated carbocycles. The molecule has 0 N–H and O–H groups in total. The molecule has 0 radical (unpaired) electrons. The number of benzene rings is 1. The van der Waals surface area contributed by atoms with Gasteiger partial charge >= 0.3 is 6.03 Å². The molecule has 0 spiro atoms. The Labute approximate surface area is 113 Å². The standard InChI is InChI=1S/C14H19ClN2O/c1-16(11-12-7-3-4-8-13(12)15)14(18)17-9-5-2-6-10-17/h3-4,7-8H,2,5-6,9-11H2,1H3. The summed E-state index contributed by atoms with van der Waals surface area (Å²) in [6, 6.07) is 7.77. The predicted octanol–water partition coefficient (Wildman–Crippen LogP) is 3.38. The molecule has 98 valence electrons. The van der Waals surface area contributed by atoms with Crippen molar-refractivity contribution in [3.05, 3.63) is 34.9 Å². The molecule has 2 rings (SSSR count). The molecule has 0 bridgehead atoms. The van der Waals surface area contributed by atoms with Crippen molar-refractivity contribution in [2.24, 2.45) is 0 Å². The van der Waals surface area contributed by atoms with Crippen molar-refractivity contribution in [1.82, 2.24) is 9.80 Å². The largest absolute Gasteiger partial charge is 0.325 e. The zero-order chi connectivity index (χ0) is 13.0. The first-order valence-electron chi connectivity index (χ1n) is 6.42. The Morgan fingerprint density at radius 3 is 2.61 bits per heavy atom. The molecule has 1 fully saturated rings. The van der Waals surface area contributed by atoms with Gasteiger partial charge in [-0.15, -0.1) is 0 Å². The maximum Gasteiger partial charge on any atom is 0.320 e. The second kappa shape index (κ2) is 6.10. The lowest BCUT2D eigenvalue weighted by Crippen LogP contribution is -2.43. The number of urea groups is 1. The van der Waals surface area contributed by atoms with Crippen molar-refractivity contribution in [2.45, 2.75) is 25.8 Å². The summed E-state index contributed by atoms with van der Waals surface area (Å²) in [5.74, 6) is 0. The first kappa shape index (κ1) is 13.2. The van der Waals surface area contributed by atoms with Crippen LogP contribution in [0.25, 0.3) is 0 Å². The average molecular weight is 267 g/mol. The highest BCUT2D eigenvalue weighted by Gasteiger charge is 2.20. The first-order valence-corrected chi connectivity index (χ1v) is 6.80. The van der Waals surface area contributed by atoms with E-state index in [1.54, 1.807) is 4.90 Å². The van der Waals surface area contributed by atoms with Gasteiger partial charge in [-0.25, -0.2) is 4.79 Å². The van der Waals surface area contributed by atoms with Crippen molar-refractivity contribution in [3.63, 3.8) is 0 Å². The van der Waals surface area contributed by atoms with Crippen LogP contribution in [0.1, 0.15) is 24.8 Å². The van der Waals surface area contributed by atoms with Gasteiger partial charge in [-0.3, -0.25) is 0 Å². The third-order valence-electron chi connectivity index (χ3n) is 3.32. The fourth-order valence-corrected chi connectivity index (χ4v) is 2.47. The van der Waals surface area contributed by atoms with Crippen LogP contribution < -0.4 is 0 Å². The molecule has 1 aliphatic heterocycles. The molecule has 1 aliphatic rings. The number of rotatable bonds is 2. The maximum absolute atomic E-state index is 12.2. The van der Waals surface area contributed by atoms with Gasteiger partial charge in [0.2, 0.25) is 0 Å². The third-order valence-corrected chi connectivity index (χ3v) is 3.69. The summed E-state index contributed by atoms with van der Waals surface area (Å²) in [6.07, 6.45) is 3.47. The normalized spacial score (nSPS) is 15.6. The highest BCUT2D eigenvalue weighted by atomic mass is 35.5. The molecular weight excluding hydrogens is 248 g/mol. The van der Waals surface area contributed by atoms with Gasteiger partial charge in [0.15, 0.2) is 0 Å². The molecule has 0 unspecified atom stereocenters. The van der Waals surface area contributed by atoms with Crippen LogP contribution >= 0.6 is 11.6 Å². The molecule has 0 aliphatic carbocycles. The van der Waals surface area contributed by atoms with Gasteiger partial charge in [-0.2, -0.15) is 0 Å². The molecule has 4 heteroatoms. The monoisotopic (exact) mass is 266 g/mol. The van der Waals surface area contributed by atoms with Crippen LogP contribution in [0, 0.1) is 0 Å². The van der Waals surface area contributed by atoms with Crippen LogP contribution in [0.3, 0.4) is 0 Å². The van der Waals surface area contributed by atoms with Gasteiger partial charge in [0, 0.05) is 31.7 Å². The molecular formula is C14H19ClN2O. The van der Waals surface area contributed by atoms with Gasteiger partial charge in [0.25, 0.3) is 0 Å². The van der Waals surface area contributed by atoms with E-state index in [9.17, 15) is 4.79 Å². The number of amides is 2. The smallest absolute Gasteiger partial charge is 0.320 e. The van der Waals surface area contributed by atoms with Crippen molar-refractivity contribution in [2.75, 3.05) is 20.1 Å². The second-order valence-corrected chi connectivity index (χ2v) is 5.18. The summed E-state index contributed by atoms with van der Waals surface area (Å²) >= 11 is 6.11. The second-order valence-electron chi connectivity index (χ2n) is 4.78.